The summed E-state index contributed by atoms with van der Waals surface area (Å²) in [5, 5.41) is 11.8. The Morgan fingerprint density at radius 1 is 0.958 bits per heavy atom. The van der Waals surface area contributed by atoms with Crippen molar-refractivity contribution in [3.63, 3.8) is 0 Å². The second-order valence-corrected chi connectivity index (χ2v) is 7.00. The molecule has 3 aromatic carbocycles. The number of hydrazone groups is 1. The zero-order valence-corrected chi connectivity index (χ0v) is 13.9. The van der Waals surface area contributed by atoms with Crippen molar-refractivity contribution < 1.29 is 8.42 Å². The molecule has 6 heteroatoms. The van der Waals surface area contributed by atoms with Gasteiger partial charge in [0.25, 0.3) is 0 Å². The van der Waals surface area contributed by atoms with Gasteiger partial charge in [0.15, 0.2) is 0 Å². The molecule has 24 heavy (non-hydrogen) atoms. The van der Waals surface area contributed by atoms with Crippen LogP contribution in [-0.4, -0.2) is 14.1 Å². The molecule has 0 saturated heterocycles. The molecule has 3 aromatic rings. The van der Waals surface area contributed by atoms with Crippen molar-refractivity contribution in [1.29, 1.82) is 0 Å². The van der Waals surface area contributed by atoms with E-state index in [1.807, 2.05) is 25.1 Å². The van der Waals surface area contributed by atoms with Gasteiger partial charge in [0.05, 0.1) is 16.3 Å². The molecule has 3 N–H and O–H groups in total. The summed E-state index contributed by atoms with van der Waals surface area (Å²) in [5.74, 6) is 0. The van der Waals surface area contributed by atoms with Gasteiger partial charge in [-0.25, -0.2) is 13.6 Å². The Bertz CT molecular complexity index is 1010. The fourth-order valence-electron chi connectivity index (χ4n) is 2.35. The highest BCUT2D eigenvalue weighted by molar-refractivity contribution is 7.89. The summed E-state index contributed by atoms with van der Waals surface area (Å²) in [7, 11) is -3.68. The molecule has 0 spiro atoms. The second kappa shape index (κ2) is 6.43. The van der Waals surface area contributed by atoms with Gasteiger partial charge in [-0.2, -0.15) is 5.10 Å². The van der Waals surface area contributed by atoms with E-state index in [0.29, 0.717) is 5.69 Å². The monoisotopic (exact) mass is 339 g/mol. The van der Waals surface area contributed by atoms with Gasteiger partial charge in [-0.05, 0) is 53.6 Å². The van der Waals surface area contributed by atoms with E-state index >= 15 is 0 Å². The lowest BCUT2D eigenvalue weighted by Crippen LogP contribution is -2.11. The Balaban J connectivity index is 1.80. The lowest BCUT2D eigenvalue weighted by molar-refractivity contribution is 0.598. The normalized spacial score (nSPS) is 12.3. The van der Waals surface area contributed by atoms with E-state index in [-0.39, 0.29) is 4.90 Å². The van der Waals surface area contributed by atoms with Crippen molar-refractivity contribution in [2.24, 2.45) is 10.2 Å². The van der Waals surface area contributed by atoms with Crippen molar-refractivity contribution in [2.75, 3.05) is 5.43 Å². The quantitative estimate of drug-likeness (QED) is 0.565. The number of anilines is 1. The SMILES string of the molecule is C/C(=N\Nc1ccc(S(N)(=O)=O)cc1)c1ccc2ccccc2c1. The fourth-order valence-corrected chi connectivity index (χ4v) is 2.86. The van der Waals surface area contributed by atoms with Crippen LogP contribution in [0.2, 0.25) is 0 Å². The third-order valence-corrected chi connectivity index (χ3v) is 4.63. The minimum atomic E-state index is -3.68. The Hall–Kier alpha value is -2.70. The number of sulfonamides is 1. The summed E-state index contributed by atoms with van der Waals surface area (Å²) < 4.78 is 22.5. The minimum absolute atomic E-state index is 0.0725. The van der Waals surface area contributed by atoms with Crippen molar-refractivity contribution in [1.82, 2.24) is 0 Å². The molecule has 122 valence electrons. The van der Waals surface area contributed by atoms with Crippen LogP contribution in [0.5, 0.6) is 0 Å². The number of hydrogen-bond donors (Lipinski definition) is 2. The van der Waals surface area contributed by atoms with Crippen LogP contribution in [0.3, 0.4) is 0 Å². The molecular weight excluding hydrogens is 322 g/mol. The Morgan fingerprint density at radius 2 is 1.62 bits per heavy atom. The van der Waals surface area contributed by atoms with E-state index in [2.05, 4.69) is 34.8 Å². The Kier molecular flexibility index (Phi) is 4.33. The van der Waals surface area contributed by atoms with Gasteiger partial charge in [-0.15, -0.1) is 0 Å². The fraction of sp³-hybridized carbons (Fsp3) is 0.0556. The van der Waals surface area contributed by atoms with Crippen molar-refractivity contribution in [2.45, 2.75) is 11.8 Å². The van der Waals surface area contributed by atoms with E-state index < -0.39 is 10.0 Å². The highest BCUT2D eigenvalue weighted by atomic mass is 32.2. The summed E-state index contributed by atoms with van der Waals surface area (Å²) in [4.78, 5) is 0.0725. The van der Waals surface area contributed by atoms with Gasteiger partial charge in [-0.3, -0.25) is 5.43 Å². The summed E-state index contributed by atoms with van der Waals surface area (Å²) in [6, 6.07) is 20.4. The largest absolute Gasteiger partial charge is 0.278 e. The van der Waals surface area contributed by atoms with Gasteiger partial charge < -0.3 is 0 Å². The first-order valence-corrected chi connectivity index (χ1v) is 8.90. The molecule has 0 unspecified atom stereocenters. The second-order valence-electron chi connectivity index (χ2n) is 5.44. The maximum absolute atomic E-state index is 11.2. The molecule has 0 atom stereocenters. The zero-order valence-electron chi connectivity index (χ0n) is 13.1. The standard InChI is InChI=1S/C18H17N3O2S/c1-13(15-7-6-14-4-2-3-5-16(14)12-15)20-21-17-8-10-18(11-9-17)24(19,22)23/h2-12,21H,1H3,(H2,19,22,23)/b20-13+. The average Bonchev–Trinajstić information content (AvgIpc) is 2.59. The predicted octanol–water partition coefficient (Wildman–Crippen LogP) is 3.32. The highest BCUT2D eigenvalue weighted by Gasteiger charge is 2.06. The first kappa shape index (κ1) is 16.2. The lowest BCUT2D eigenvalue weighted by Gasteiger charge is -2.06. The summed E-state index contributed by atoms with van der Waals surface area (Å²) in [6.45, 7) is 1.91. The number of rotatable bonds is 4. The van der Waals surface area contributed by atoms with Crippen molar-refractivity contribution in [3.8, 4) is 0 Å². The lowest BCUT2D eigenvalue weighted by atomic mass is 10.0. The number of nitrogens with two attached hydrogens (primary N) is 1. The number of nitrogens with one attached hydrogen (secondary N) is 1. The number of nitrogens with zero attached hydrogens (tertiary/aromatic N) is 1. The molecule has 0 heterocycles. The maximum Gasteiger partial charge on any atom is 0.238 e. The van der Waals surface area contributed by atoms with E-state index in [0.717, 1.165) is 16.7 Å². The summed E-state index contributed by atoms with van der Waals surface area (Å²) in [5.41, 5.74) is 5.45. The van der Waals surface area contributed by atoms with Crippen LogP contribution in [0, 0.1) is 0 Å². The van der Waals surface area contributed by atoms with E-state index in [1.54, 1.807) is 12.1 Å². The summed E-state index contributed by atoms with van der Waals surface area (Å²) in [6.07, 6.45) is 0. The number of fused-ring (bicyclic) bond motifs is 1. The minimum Gasteiger partial charge on any atom is -0.278 e. The van der Waals surface area contributed by atoms with Crippen LogP contribution in [-0.2, 0) is 10.0 Å². The topological polar surface area (TPSA) is 84.5 Å². The maximum atomic E-state index is 11.2. The number of hydrogen-bond acceptors (Lipinski definition) is 4. The van der Waals surface area contributed by atoms with Gasteiger partial charge in [0.2, 0.25) is 10.0 Å². The van der Waals surface area contributed by atoms with Crippen LogP contribution in [0.15, 0.2) is 76.7 Å². The number of benzene rings is 3. The molecule has 0 fully saturated rings. The molecule has 0 saturated carbocycles. The molecule has 0 aliphatic heterocycles. The van der Waals surface area contributed by atoms with Gasteiger partial charge in [-0.1, -0.05) is 36.4 Å². The third-order valence-electron chi connectivity index (χ3n) is 3.70. The van der Waals surface area contributed by atoms with Crippen molar-refractivity contribution >= 4 is 32.2 Å². The van der Waals surface area contributed by atoms with Crippen molar-refractivity contribution in [3.05, 3.63) is 72.3 Å². The van der Waals surface area contributed by atoms with Crippen LogP contribution in [0.25, 0.3) is 10.8 Å². The molecule has 5 nitrogen and oxygen atoms in total. The third kappa shape index (κ3) is 3.61. The van der Waals surface area contributed by atoms with Gasteiger partial charge >= 0.3 is 0 Å². The highest BCUT2D eigenvalue weighted by Crippen LogP contribution is 2.17. The van der Waals surface area contributed by atoms with Crippen LogP contribution in [0.4, 0.5) is 5.69 Å². The molecule has 0 aliphatic carbocycles. The molecule has 0 bridgehead atoms. The first-order valence-electron chi connectivity index (χ1n) is 7.36. The molecule has 0 aromatic heterocycles. The molecule has 0 aliphatic rings. The molecule has 3 rings (SSSR count). The molecular formula is C18H17N3O2S. The first-order chi connectivity index (χ1) is 11.4. The van der Waals surface area contributed by atoms with Gasteiger partial charge in [0, 0.05) is 0 Å². The molecule has 0 radical (unpaired) electrons. The van der Waals surface area contributed by atoms with Crippen LogP contribution in [0.1, 0.15) is 12.5 Å². The Labute approximate surface area is 140 Å². The van der Waals surface area contributed by atoms with Crippen LogP contribution >= 0.6 is 0 Å². The van der Waals surface area contributed by atoms with Crippen LogP contribution < -0.4 is 10.6 Å². The summed E-state index contributed by atoms with van der Waals surface area (Å²) >= 11 is 0. The average molecular weight is 339 g/mol. The predicted molar refractivity (Wildman–Crippen MR) is 97.6 cm³/mol. The van der Waals surface area contributed by atoms with E-state index in [1.165, 1.54) is 17.5 Å². The smallest absolute Gasteiger partial charge is 0.238 e. The zero-order chi connectivity index (χ0) is 17.2. The number of primary sulfonamides is 1. The van der Waals surface area contributed by atoms with Gasteiger partial charge in [0.1, 0.15) is 0 Å². The Morgan fingerprint density at radius 3 is 2.29 bits per heavy atom. The molecule has 0 amide bonds. The van der Waals surface area contributed by atoms with E-state index in [9.17, 15) is 8.42 Å². The van der Waals surface area contributed by atoms with E-state index in [4.69, 9.17) is 5.14 Å².